The molecule has 2 aromatic rings. The Balaban J connectivity index is 2.46. The summed E-state index contributed by atoms with van der Waals surface area (Å²) in [7, 11) is 0. The van der Waals surface area contributed by atoms with Crippen molar-refractivity contribution in [3.63, 3.8) is 0 Å². The quantitative estimate of drug-likeness (QED) is 0.735. The monoisotopic (exact) mass is 219 g/mol. The molecule has 15 heavy (non-hydrogen) atoms. The number of thiazole rings is 1. The SMILES string of the molecule is Cc1cccc(C(=O)n2ccsc2=O)c1. The smallest absolute Gasteiger partial charge is 0.268 e. The van der Waals surface area contributed by atoms with Gasteiger partial charge in [0.05, 0.1) is 0 Å². The van der Waals surface area contributed by atoms with Gasteiger partial charge >= 0.3 is 4.87 Å². The van der Waals surface area contributed by atoms with Gasteiger partial charge in [-0.25, -0.2) is 4.57 Å². The van der Waals surface area contributed by atoms with Crippen LogP contribution >= 0.6 is 11.3 Å². The molecule has 0 aliphatic heterocycles. The minimum Gasteiger partial charge on any atom is -0.268 e. The van der Waals surface area contributed by atoms with Gasteiger partial charge in [0.1, 0.15) is 0 Å². The van der Waals surface area contributed by atoms with Crippen molar-refractivity contribution in [3.05, 3.63) is 56.6 Å². The molecule has 76 valence electrons. The predicted octanol–water partition coefficient (Wildman–Crippen LogP) is 1.91. The van der Waals surface area contributed by atoms with E-state index in [1.807, 2.05) is 13.0 Å². The summed E-state index contributed by atoms with van der Waals surface area (Å²) in [5.41, 5.74) is 1.54. The molecular formula is C11H9NO2S. The lowest BCUT2D eigenvalue weighted by molar-refractivity contribution is 0.0957. The van der Waals surface area contributed by atoms with E-state index in [1.165, 1.54) is 6.20 Å². The van der Waals surface area contributed by atoms with Gasteiger partial charge in [-0.05, 0) is 19.1 Å². The first kappa shape index (κ1) is 9.86. The van der Waals surface area contributed by atoms with Gasteiger partial charge in [0.25, 0.3) is 5.91 Å². The minimum atomic E-state index is -0.273. The lowest BCUT2D eigenvalue weighted by Gasteiger charge is -2.00. The Kier molecular flexibility index (Phi) is 2.51. The molecule has 0 bridgehead atoms. The zero-order chi connectivity index (χ0) is 10.8. The van der Waals surface area contributed by atoms with E-state index in [9.17, 15) is 9.59 Å². The normalized spacial score (nSPS) is 10.2. The average molecular weight is 219 g/mol. The average Bonchev–Trinajstić information content (AvgIpc) is 2.63. The number of hydrogen-bond donors (Lipinski definition) is 0. The van der Waals surface area contributed by atoms with Crippen LogP contribution in [0.1, 0.15) is 15.9 Å². The third-order valence-electron chi connectivity index (χ3n) is 2.06. The van der Waals surface area contributed by atoms with E-state index in [-0.39, 0.29) is 10.8 Å². The first-order valence-electron chi connectivity index (χ1n) is 4.46. The van der Waals surface area contributed by atoms with Crippen molar-refractivity contribution < 1.29 is 4.79 Å². The molecule has 3 nitrogen and oxygen atoms in total. The molecule has 4 heteroatoms. The molecule has 1 heterocycles. The van der Waals surface area contributed by atoms with Crippen LogP contribution in [0.25, 0.3) is 0 Å². The molecule has 0 atom stereocenters. The molecule has 0 spiro atoms. The molecule has 0 N–H and O–H groups in total. The second-order valence-corrected chi connectivity index (χ2v) is 4.07. The van der Waals surface area contributed by atoms with Gasteiger partial charge in [-0.2, -0.15) is 0 Å². The number of carbonyl (C=O) groups excluding carboxylic acids is 1. The number of aryl methyl sites for hydroxylation is 1. The highest BCUT2D eigenvalue weighted by Crippen LogP contribution is 2.05. The molecule has 2 rings (SSSR count). The standard InChI is InChI=1S/C11H9NO2S/c1-8-3-2-4-9(7-8)10(13)12-5-6-15-11(12)14/h2-7H,1H3. The van der Waals surface area contributed by atoms with Crippen LogP contribution in [0.5, 0.6) is 0 Å². The van der Waals surface area contributed by atoms with Gasteiger partial charge in [-0.15, -0.1) is 0 Å². The highest BCUT2D eigenvalue weighted by molar-refractivity contribution is 7.07. The predicted molar refractivity (Wildman–Crippen MR) is 59.5 cm³/mol. The summed E-state index contributed by atoms with van der Waals surface area (Å²) >= 11 is 1.02. The first-order chi connectivity index (χ1) is 7.18. The molecule has 0 saturated carbocycles. The Hall–Kier alpha value is -1.68. The maximum absolute atomic E-state index is 11.9. The molecule has 1 aromatic heterocycles. The molecule has 0 unspecified atom stereocenters. The van der Waals surface area contributed by atoms with E-state index in [0.29, 0.717) is 5.56 Å². The first-order valence-corrected chi connectivity index (χ1v) is 5.34. The van der Waals surface area contributed by atoms with Crippen molar-refractivity contribution >= 4 is 17.2 Å². The fraction of sp³-hybridized carbons (Fsp3) is 0.0909. The maximum Gasteiger partial charge on any atom is 0.314 e. The lowest BCUT2D eigenvalue weighted by atomic mass is 10.1. The highest BCUT2D eigenvalue weighted by Gasteiger charge is 2.10. The molecular weight excluding hydrogens is 210 g/mol. The third kappa shape index (κ3) is 1.89. The summed E-state index contributed by atoms with van der Waals surface area (Å²) in [4.78, 5) is 22.9. The summed E-state index contributed by atoms with van der Waals surface area (Å²) in [6.07, 6.45) is 1.50. The number of carbonyl (C=O) groups is 1. The van der Waals surface area contributed by atoms with Crippen LogP contribution in [0.2, 0.25) is 0 Å². The van der Waals surface area contributed by atoms with Crippen LogP contribution in [-0.4, -0.2) is 10.5 Å². The van der Waals surface area contributed by atoms with Crippen LogP contribution in [0.3, 0.4) is 0 Å². The Morgan fingerprint density at radius 2 is 2.20 bits per heavy atom. The molecule has 0 aliphatic rings. The van der Waals surface area contributed by atoms with Crippen LogP contribution < -0.4 is 4.87 Å². The summed E-state index contributed by atoms with van der Waals surface area (Å²) in [6.45, 7) is 1.91. The van der Waals surface area contributed by atoms with Gasteiger partial charge in [-0.1, -0.05) is 29.0 Å². The number of rotatable bonds is 1. The van der Waals surface area contributed by atoms with Gasteiger partial charge in [0, 0.05) is 17.1 Å². The van der Waals surface area contributed by atoms with E-state index in [4.69, 9.17) is 0 Å². The van der Waals surface area contributed by atoms with Crippen LogP contribution in [-0.2, 0) is 0 Å². The summed E-state index contributed by atoms with van der Waals surface area (Å²) in [6, 6.07) is 7.19. The molecule has 0 radical (unpaired) electrons. The van der Waals surface area contributed by atoms with Crippen molar-refractivity contribution in [2.24, 2.45) is 0 Å². The summed E-state index contributed by atoms with van der Waals surface area (Å²) < 4.78 is 1.12. The van der Waals surface area contributed by atoms with E-state index < -0.39 is 0 Å². The largest absolute Gasteiger partial charge is 0.314 e. The Morgan fingerprint density at radius 3 is 2.80 bits per heavy atom. The van der Waals surface area contributed by atoms with Crippen molar-refractivity contribution in [3.8, 4) is 0 Å². The second kappa shape index (κ2) is 3.82. The lowest BCUT2D eigenvalue weighted by Crippen LogP contribution is -2.21. The molecule has 0 fully saturated rings. The minimum absolute atomic E-state index is 0.249. The van der Waals surface area contributed by atoms with Crippen molar-refractivity contribution in [1.29, 1.82) is 0 Å². The van der Waals surface area contributed by atoms with Crippen molar-refractivity contribution in [2.45, 2.75) is 6.92 Å². The fourth-order valence-corrected chi connectivity index (χ4v) is 1.89. The topological polar surface area (TPSA) is 39.1 Å². The number of benzene rings is 1. The van der Waals surface area contributed by atoms with E-state index in [1.54, 1.807) is 23.6 Å². The molecule has 0 saturated heterocycles. The molecule has 1 aromatic carbocycles. The van der Waals surface area contributed by atoms with Gasteiger partial charge in [0.15, 0.2) is 0 Å². The van der Waals surface area contributed by atoms with Gasteiger partial charge in [-0.3, -0.25) is 9.59 Å². The van der Waals surface area contributed by atoms with Gasteiger partial charge < -0.3 is 0 Å². The molecule has 0 amide bonds. The number of nitrogens with zero attached hydrogens (tertiary/aromatic N) is 1. The Morgan fingerprint density at radius 1 is 1.40 bits per heavy atom. The summed E-state index contributed by atoms with van der Waals surface area (Å²) in [5.74, 6) is -0.273. The van der Waals surface area contributed by atoms with E-state index in [0.717, 1.165) is 21.5 Å². The van der Waals surface area contributed by atoms with E-state index in [2.05, 4.69) is 0 Å². The van der Waals surface area contributed by atoms with Crippen molar-refractivity contribution in [2.75, 3.05) is 0 Å². The second-order valence-electron chi connectivity index (χ2n) is 3.21. The Bertz CT molecular complexity index is 553. The Labute approximate surface area is 90.6 Å². The van der Waals surface area contributed by atoms with Gasteiger partial charge in [0.2, 0.25) is 0 Å². The zero-order valence-corrected chi connectivity index (χ0v) is 8.95. The van der Waals surface area contributed by atoms with E-state index >= 15 is 0 Å². The van der Waals surface area contributed by atoms with Crippen LogP contribution in [0.4, 0.5) is 0 Å². The maximum atomic E-state index is 11.9. The van der Waals surface area contributed by atoms with Crippen LogP contribution in [0.15, 0.2) is 40.6 Å². The number of hydrogen-bond acceptors (Lipinski definition) is 3. The molecule has 0 aliphatic carbocycles. The zero-order valence-electron chi connectivity index (χ0n) is 8.14. The highest BCUT2D eigenvalue weighted by atomic mass is 32.1. The fourth-order valence-electron chi connectivity index (χ4n) is 1.33. The third-order valence-corrected chi connectivity index (χ3v) is 2.72. The number of aromatic nitrogens is 1. The van der Waals surface area contributed by atoms with Crippen LogP contribution in [0, 0.1) is 6.92 Å². The van der Waals surface area contributed by atoms with Crippen molar-refractivity contribution in [1.82, 2.24) is 4.57 Å². The summed E-state index contributed by atoms with van der Waals surface area (Å²) in [5, 5.41) is 1.61.